The number of benzene rings is 1. The van der Waals surface area contributed by atoms with Crippen LogP contribution < -0.4 is 0 Å². The van der Waals surface area contributed by atoms with Crippen LogP contribution in [0.5, 0.6) is 0 Å². The number of rotatable bonds is 5. The molecule has 0 aromatic heterocycles. The minimum absolute atomic E-state index is 0.504. The highest BCUT2D eigenvalue weighted by atomic mass is 16.5. The summed E-state index contributed by atoms with van der Waals surface area (Å²) < 4.78 is 6.13. The topological polar surface area (TPSA) is 9.23 Å². The Morgan fingerprint density at radius 3 is 2.65 bits per heavy atom. The van der Waals surface area contributed by atoms with E-state index in [0.29, 0.717) is 6.10 Å². The average Bonchev–Trinajstić information content (AvgIpc) is 2.39. The van der Waals surface area contributed by atoms with Crippen LogP contribution in [0.15, 0.2) is 30.3 Å². The van der Waals surface area contributed by atoms with Crippen LogP contribution in [0.4, 0.5) is 0 Å². The van der Waals surface area contributed by atoms with Crippen molar-refractivity contribution in [1.29, 1.82) is 0 Å². The largest absolute Gasteiger partial charge is 0.373 e. The fourth-order valence-corrected chi connectivity index (χ4v) is 2.87. The number of hydrogen-bond acceptors (Lipinski definition) is 1. The molecule has 1 aliphatic rings. The lowest BCUT2D eigenvalue weighted by Gasteiger charge is -2.31. The van der Waals surface area contributed by atoms with Crippen molar-refractivity contribution in [3.05, 3.63) is 35.9 Å². The van der Waals surface area contributed by atoms with Gasteiger partial charge < -0.3 is 4.74 Å². The van der Waals surface area contributed by atoms with E-state index in [1.807, 2.05) is 0 Å². The molecule has 0 aliphatic heterocycles. The van der Waals surface area contributed by atoms with E-state index in [0.717, 1.165) is 12.5 Å². The molecule has 0 radical (unpaired) electrons. The third-order valence-corrected chi connectivity index (χ3v) is 3.81. The fourth-order valence-electron chi connectivity index (χ4n) is 2.87. The summed E-state index contributed by atoms with van der Waals surface area (Å²) in [6.45, 7) is 3.06. The Bertz CT molecular complexity index is 305. The monoisotopic (exact) mass is 232 g/mol. The van der Waals surface area contributed by atoms with Gasteiger partial charge in [-0.2, -0.15) is 0 Å². The smallest absolute Gasteiger partial charge is 0.0720 e. The van der Waals surface area contributed by atoms with Gasteiger partial charge in [-0.1, -0.05) is 56.5 Å². The van der Waals surface area contributed by atoms with Crippen molar-refractivity contribution in [2.24, 2.45) is 5.92 Å². The zero-order valence-electron chi connectivity index (χ0n) is 10.9. The molecule has 0 heterocycles. The molecule has 1 fully saturated rings. The number of hydrogen-bond donors (Lipinski definition) is 0. The van der Waals surface area contributed by atoms with Crippen molar-refractivity contribution in [2.75, 3.05) is 0 Å². The highest BCUT2D eigenvalue weighted by Gasteiger charge is 2.24. The van der Waals surface area contributed by atoms with Gasteiger partial charge in [-0.3, -0.25) is 0 Å². The van der Waals surface area contributed by atoms with E-state index in [9.17, 15) is 0 Å². The Morgan fingerprint density at radius 2 is 1.88 bits per heavy atom. The van der Waals surface area contributed by atoms with Crippen LogP contribution in [-0.4, -0.2) is 6.10 Å². The predicted molar refractivity (Wildman–Crippen MR) is 71.9 cm³/mol. The number of ether oxygens (including phenoxy) is 1. The zero-order chi connectivity index (χ0) is 11.9. The molecule has 2 atom stereocenters. The summed E-state index contributed by atoms with van der Waals surface area (Å²) in [6.07, 6.45) is 8.50. The lowest BCUT2D eigenvalue weighted by molar-refractivity contribution is -0.0238. The highest BCUT2D eigenvalue weighted by Crippen LogP contribution is 2.30. The molecule has 0 bridgehead atoms. The molecule has 1 aliphatic carbocycles. The quantitative estimate of drug-likeness (QED) is 0.723. The Hall–Kier alpha value is -0.820. The van der Waals surface area contributed by atoms with Crippen molar-refractivity contribution in [3.63, 3.8) is 0 Å². The Labute approximate surface area is 105 Å². The zero-order valence-corrected chi connectivity index (χ0v) is 10.9. The second-order valence-corrected chi connectivity index (χ2v) is 5.17. The Morgan fingerprint density at radius 1 is 1.12 bits per heavy atom. The van der Waals surface area contributed by atoms with E-state index in [1.54, 1.807) is 0 Å². The Kier molecular flexibility index (Phi) is 5.06. The maximum Gasteiger partial charge on any atom is 0.0720 e. The lowest BCUT2D eigenvalue weighted by Crippen LogP contribution is -2.27. The molecule has 1 aromatic rings. The maximum atomic E-state index is 6.13. The second kappa shape index (κ2) is 6.80. The van der Waals surface area contributed by atoms with Gasteiger partial charge in [-0.25, -0.2) is 0 Å². The summed E-state index contributed by atoms with van der Waals surface area (Å²) in [5.41, 5.74) is 1.30. The molecule has 0 spiro atoms. The summed E-state index contributed by atoms with van der Waals surface area (Å²) in [4.78, 5) is 0. The summed E-state index contributed by atoms with van der Waals surface area (Å²) in [5, 5.41) is 0. The van der Waals surface area contributed by atoms with Crippen LogP contribution in [0.3, 0.4) is 0 Å². The minimum Gasteiger partial charge on any atom is -0.373 e. The van der Waals surface area contributed by atoms with Crippen molar-refractivity contribution < 1.29 is 4.74 Å². The summed E-state index contributed by atoms with van der Waals surface area (Å²) in [6, 6.07) is 10.5. The van der Waals surface area contributed by atoms with Gasteiger partial charge in [-0.15, -0.1) is 0 Å². The summed E-state index contributed by atoms with van der Waals surface area (Å²) >= 11 is 0. The maximum absolute atomic E-state index is 6.13. The Balaban J connectivity index is 1.84. The van der Waals surface area contributed by atoms with Gasteiger partial charge in [0.15, 0.2) is 0 Å². The van der Waals surface area contributed by atoms with Crippen LogP contribution >= 0.6 is 0 Å². The molecule has 1 nitrogen and oxygen atoms in total. The summed E-state index contributed by atoms with van der Waals surface area (Å²) in [7, 11) is 0. The van der Waals surface area contributed by atoms with Crippen LogP contribution in [0.25, 0.3) is 0 Å². The van der Waals surface area contributed by atoms with Crippen molar-refractivity contribution in [2.45, 2.75) is 58.2 Å². The molecule has 17 heavy (non-hydrogen) atoms. The lowest BCUT2D eigenvalue weighted by atomic mass is 9.83. The van der Waals surface area contributed by atoms with Crippen LogP contribution in [0, 0.1) is 5.92 Å². The molecule has 1 aromatic carbocycles. The van der Waals surface area contributed by atoms with E-state index in [4.69, 9.17) is 4.74 Å². The standard InChI is InChI=1S/C16H24O/c1-2-8-15-11-6-7-12-16(15)17-13-14-9-4-3-5-10-14/h3-5,9-10,15-16H,2,6-8,11-13H2,1H3/t15-,16-/m0/s1. The van der Waals surface area contributed by atoms with Gasteiger partial charge in [0.25, 0.3) is 0 Å². The molecule has 94 valence electrons. The second-order valence-electron chi connectivity index (χ2n) is 5.17. The normalized spacial score (nSPS) is 24.8. The van der Waals surface area contributed by atoms with Crippen molar-refractivity contribution in [1.82, 2.24) is 0 Å². The van der Waals surface area contributed by atoms with Crippen LogP contribution in [-0.2, 0) is 11.3 Å². The van der Waals surface area contributed by atoms with Gasteiger partial charge in [0.1, 0.15) is 0 Å². The van der Waals surface area contributed by atoms with Crippen LogP contribution in [0.1, 0.15) is 51.0 Å². The van der Waals surface area contributed by atoms with E-state index >= 15 is 0 Å². The SMILES string of the molecule is CCC[C@H]1CCCC[C@@H]1OCc1ccccc1. The fraction of sp³-hybridized carbons (Fsp3) is 0.625. The average molecular weight is 232 g/mol. The molecular weight excluding hydrogens is 208 g/mol. The van der Waals surface area contributed by atoms with Crippen molar-refractivity contribution in [3.8, 4) is 0 Å². The van der Waals surface area contributed by atoms with Gasteiger partial charge in [0.2, 0.25) is 0 Å². The molecule has 1 saturated carbocycles. The molecule has 1 heteroatoms. The van der Waals surface area contributed by atoms with Gasteiger partial charge in [0.05, 0.1) is 12.7 Å². The van der Waals surface area contributed by atoms with Gasteiger partial charge in [0, 0.05) is 0 Å². The molecule has 0 unspecified atom stereocenters. The molecular formula is C16H24O. The third-order valence-electron chi connectivity index (χ3n) is 3.81. The van der Waals surface area contributed by atoms with Crippen molar-refractivity contribution >= 4 is 0 Å². The first-order chi connectivity index (χ1) is 8.40. The van der Waals surface area contributed by atoms with Gasteiger partial charge in [-0.05, 0) is 30.7 Å². The highest BCUT2D eigenvalue weighted by molar-refractivity contribution is 5.13. The first-order valence-electron chi connectivity index (χ1n) is 7.05. The molecule has 2 rings (SSSR count). The molecule has 0 saturated heterocycles. The van der Waals surface area contributed by atoms with E-state index < -0.39 is 0 Å². The van der Waals surface area contributed by atoms with E-state index in [1.165, 1.54) is 44.1 Å². The summed E-state index contributed by atoms with van der Waals surface area (Å²) in [5.74, 6) is 0.803. The van der Waals surface area contributed by atoms with Crippen LogP contribution in [0.2, 0.25) is 0 Å². The minimum atomic E-state index is 0.504. The predicted octanol–water partition coefficient (Wildman–Crippen LogP) is 4.56. The molecule has 0 N–H and O–H groups in total. The third kappa shape index (κ3) is 3.85. The van der Waals surface area contributed by atoms with E-state index in [-0.39, 0.29) is 0 Å². The van der Waals surface area contributed by atoms with Gasteiger partial charge >= 0.3 is 0 Å². The first-order valence-corrected chi connectivity index (χ1v) is 7.05. The molecule has 0 amide bonds. The van der Waals surface area contributed by atoms with E-state index in [2.05, 4.69) is 37.3 Å². The first kappa shape index (κ1) is 12.6.